The Morgan fingerprint density at radius 1 is 1.09 bits per heavy atom. The summed E-state index contributed by atoms with van der Waals surface area (Å²) in [6.07, 6.45) is 4.35. The van der Waals surface area contributed by atoms with E-state index in [0.717, 1.165) is 53.1 Å². The molecule has 0 saturated heterocycles. The van der Waals surface area contributed by atoms with Crippen molar-refractivity contribution in [3.05, 3.63) is 54.1 Å². The van der Waals surface area contributed by atoms with Gasteiger partial charge in [-0.15, -0.1) is 0 Å². The first-order chi connectivity index (χ1) is 16.1. The van der Waals surface area contributed by atoms with E-state index < -0.39 is 0 Å². The fourth-order valence-electron chi connectivity index (χ4n) is 2.84. The molecule has 0 fully saturated rings. The number of rotatable bonds is 15. The fourth-order valence-corrected chi connectivity index (χ4v) is 4.52. The van der Waals surface area contributed by atoms with Crippen LogP contribution in [-0.2, 0) is 11.5 Å². The lowest BCUT2D eigenvalue weighted by atomic mass is 10.3. The van der Waals surface area contributed by atoms with Gasteiger partial charge in [0.25, 0.3) is 0 Å². The molecule has 6 N–H and O–H groups in total. The zero-order chi connectivity index (χ0) is 23.7. The number of ether oxygens (including phenoxy) is 1. The summed E-state index contributed by atoms with van der Waals surface area (Å²) in [5, 5.41) is 10.9. The van der Waals surface area contributed by atoms with Gasteiger partial charge in [0.15, 0.2) is 11.9 Å². The van der Waals surface area contributed by atoms with Crippen LogP contribution in [0.1, 0.15) is 17.8 Å². The summed E-state index contributed by atoms with van der Waals surface area (Å²) in [5.41, 5.74) is 13.7. The summed E-state index contributed by atoms with van der Waals surface area (Å²) >= 11 is 3.54. The van der Waals surface area contributed by atoms with Crippen molar-refractivity contribution in [1.82, 2.24) is 20.2 Å². The third-order valence-corrected chi connectivity index (χ3v) is 6.49. The Labute approximate surface area is 204 Å². The van der Waals surface area contributed by atoms with Crippen molar-refractivity contribution in [1.29, 1.82) is 5.41 Å². The van der Waals surface area contributed by atoms with Gasteiger partial charge >= 0.3 is 0 Å². The van der Waals surface area contributed by atoms with Crippen molar-refractivity contribution in [3.8, 4) is 5.75 Å². The van der Waals surface area contributed by atoms with Crippen LogP contribution in [0.2, 0.25) is 0 Å². The highest BCUT2D eigenvalue weighted by molar-refractivity contribution is 7.98. The molecule has 0 unspecified atom stereocenters. The second-order valence-electron chi connectivity index (χ2n) is 7.00. The van der Waals surface area contributed by atoms with Gasteiger partial charge in [-0.2, -0.15) is 23.5 Å². The number of nitrogens with zero attached hydrogens (tertiary/aromatic N) is 4. The second-order valence-corrected chi connectivity index (χ2v) is 9.21. The Morgan fingerprint density at radius 3 is 2.67 bits per heavy atom. The smallest absolute Gasteiger partial charge is 0.188 e. The molecule has 0 aliphatic carbocycles. The standard InChI is InChI=1S/C22H34N8OS2/c1-31-20-7-4-9-27-19(20)17-33-15-13-30(21(23)24)12-5-10-28-22(25)29-11-14-32-16-18-6-2-3-8-26-18/h2-4,6-9H,5,10-17H2,1H3,(H3,23,24)(H3,25,28,29). The van der Waals surface area contributed by atoms with Crippen LogP contribution in [0.5, 0.6) is 5.75 Å². The molecule has 0 aliphatic heterocycles. The van der Waals surface area contributed by atoms with Crippen molar-refractivity contribution in [2.45, 2.75) is 17.9 Å². The number of hydrogen-bond acceptors (Lipinski definition) is 7. The molecule has 2 heterocycles. The lowest BCUT2D eigenvalue weighted by Gasteiger charge is -2.22. The van der Waals surface area contributed by atoms with Crippen LogP contribution in [0.15, 0.2) is 47.7 Å². The first-order valence-electron chi connectivity index (χ1n) is 10.8. The summed E-state index contributed by atoms with van der Waals surface area (Å²) in [6, 6.07) is 9.71. The van der Waals surface area contributed by atoms with Gasteiger partial charge < -0.3 is 26.4 Å². The highest BCUT2D eigenvalue weighted by Crippen LogP contribution is 2.20. The average molecular weight is 491 g/mol. The summed E-state index contributed by atoms with van der Waals surface area (Å²) in [7, 11) is 1.65. The van der Waals surface area contributed by atoms with Crippen LogP contribution in [0.4, 0.5) is 0 Å². The van der Waals surface area contributed by atoms with Crippen molar-refractivity contribution >= 4 is 35.4 Å². The largest absolute Gasteiger partial charge is 0.495 e. The minimum atomic E-state index is 0.0750. The Morgan fingerprint density at radius 2 is 1.91 bits per heavy atom. The summed E-state index contributed by atoms with van der Waals surface area (Å²) in [6.45, 7) is 2.70. The SMILES string of the molecule is COc1cccnc1CSCCN(CCCN=C(N)NCCSCc1ccccn1)C(=N)N. The van der Waals surface area contributed by atoms with E-state index in [1.54, 1.807) is 36.8 Å². The maximum Gasteiger partial charge on any atom is 0.188 e. The van der Waals surface area contributed by atoms with Gasteiger partial charge in [0.2, 0.25) is 0 Å². The molecule has 33 heavy (non-hydrogen) atoms. The van der Waals surface area contributed by atoms with E-state index >= 15 is 0 Å². The number of thioether (sulfide) groups is 2. The third kappa shape index (κ3) is 11.2. The molecule has 0 radical (unpaired) electrons. The van der Waals surface area contributed by atoms with Gasteiger partial charge in [0, 0.05) is 61.6 Å². The number of nitrogens with one attached hydrogen (secondary N) is 2. The molecular weight excluding hydrogens is 456 g/mol. The van der Waals surface area contributed by atoms with Crippen molar-refractivity contribution in [2.24, 2.45) is 16.5 Å². The molecule has 0 aliphatic rings. The summed E-state index contributed by atoms with van der Waals surface area (Å²) < 4.78 is 5.33. The quantitative estimate of drug-likeness (QED) is 0.168. The highest BCUT2D eigenvalue weighted by Gasteiger charge is 2.08. The minimum Gasteiger partial charge on any atom is -0.495 e. The van der Waals surface area contributed by atoms with Crippen LogP contribution in [0.25, 0.3) is 0 Å². The van der Waals surface area contributed by atoms with Crippen LogP contribution in [-0.4, -0.2) is 71.6 Å². The van der Waals surface area contributed by atoms with Gasteiger partial charge in [-0.1, -0.05) is 6.07 Å². The molecular formula is C22H34N8OS2. The number of guanidine groups is 2. The average Bonchev–Trinajstić information content (AvgIpc) is 2.83. The molecule has 0 amide bonds. The molecule has 0 bridgehead atoms. The minimum absolute atomic E-state index is 0.0750. The molecule has 0 saturated carbocycles. The monoisotopic (exact) mass is 490 g/mol. The number of nitrogens with two attached hydrogens (primary N) is 2. The predicted molar refractivity (Wildman–Crippen MR) is 140 cm³/mol. The van der Waals surface area contributed by atoms with Crippen LogP contribution >= 0.6 is 23.5 Å². The molecule has 0 aromatic carbocycles. The molecule has 2 aromatic rings. The van der Waals surface area contributed by atoms with E-state index in [9.17, 15) is 0 Å². The Hall–Kier alpha value is -2.66. The Bertz CT molecular complexity index is 853. The molecule has 180 valence electrons. The lowest BCUT2D eigenvalue weighted by Crippen LogP contribution is -2.39. The maximum absolute atomic E-state index is 7.81. The topological polar surface area (TPSA) is 139 Å². The molecule has 2 aromatic heterocycles. The van der Waals surface area contributed by atoms with Gasteiger partial charge in [0.1, 0.15) is 5.75 Å². The number of pyridine rings is 2. The summed E-state index contributed by atoms with van der Waals surface area (Å²) in [5.74, 6) is 4.71. The molecule has 11 heteroatoms. The van der Waals surface area contributed by atoms with Crippen molar-refractivity contribution < 1.29 is 4.74 Å². The first kappa shape index (κ1) is 26.6. The maximum atomic E-state index is 7.81. The molecule has 9 nitrogen and oxygen atoms in total. The van der Waals surface area contributed by atoms with Crippen molar-refractivity contribution in [2.75, 3.05) is 44.8 Å². The zero-order valence-corrected chi connectivity index (χ0v) is 20.7. The van der Waals surface area contributed by atoms with Crippen molar-refractivity contribution in [3.63, 3.8) is 0 Å². The van der Waals surface area contributed by atoms with Crippen LogP contribution in [0.3, 0.4) is 0 Å². The molecule has 0 spiro atoms. The van der Waals surface area contributed by atoms with Gasteiger partial charge in [-0.25, -0.2) is 0 Å². The molecule has 2 rings (SSSR count). The predicted octanol–water partition coefficient (Wildman–Crippen LogP) is 2.14. The zero-order valence-electron chi connectivity index (χ0n) is 19.1. The second kappa shape index (κ2) is 16.0. The van der Waals surface area contributed by atoms with Gasteiger partial charge in [-0.3, -0.25) is 20.4 Å². The Balaban J connectivity index is 1.57. The van der Waals surface area contributed by atoms with Crippen LogP contribution < -0.4 is 21.5 Å². The van der Waals surface area contributed by atoms with E-state index in [1.165, 1.54) is 0 Å². The number of aliphatic imine (C=N–C) groups is 1. The highest BCUT2D eigenvalue weighted by atomic mass is 32.2. The van der Waals surface area contributed by atoms with E-state index in [0.29, 0.717) is 25.6 Å². The normalized spacial score (nSPS) is 11.2. The number of hydrogen-bond donors (Lipinski definition) is 4. The Kier molecular flexibility index (Phi) is 12.9. The fraction of sp³-hybridized carbons (Fsp3) is 0.455. The van der Waals surface area contributed by atoms with Gasteiger partial charge in [0.05, 0.1) is 18.5 Å². The number of aromatic nitrogens is 2. The van der Waals surface area contributed by atoms with E-state index in [1.807, 2.05) is 41.4 Å². The van der Waals surface area contributed by atoms with E-state index in [2.05, 4.69) is 20.3 Å². The van der Waals surface area contributed by atoms with E-state index in [4.69, 9.17) is 21.6 Å². The van der Waals surface area contributed by atoms with E-state index in [-0.39, 0.29) is 5.96 Å². The third-order valence-electron chi connectivity index (χ3n) is 4.55. The van der Waals surface area contributed by atoms with Gasteiger partial charge in [-0.05, 0) is 30.7 Å². The lowest BCUT2D eigenvalue weighted by molar-refractivity contribution is 0.408. The van der Waals surface area contributed by atoms with Crippen LogP contribution in [0, 0.1) is 5.41 Å². The first-order valence-corrected chi connectivity index (χ1v) is 13.1. The molecule has 0 atom stereocenters. The number of methoxy groups -OCH3 is 1. The summed E-state index contributed by atoms with van der Waals surface area (Å²) in [4.78, 5) is 14.9.